The highest BCUT2D eigenvalue weighted by Crippen LogP contribution is 2.82. The van der Waals surface area contributed by atoms with Gasteiger partial charge in [0.05, 0.1) is 26.4 Å². The van der Waals surface area contributed by atoms with Gasteiger partial charge in [0.2, 0.25) is 5.91 Å². The highest BCUT2D eigenvalue weighted by atomic mass is 79.9. The molecule has 0 aromatic heterocycles. The lowest BCUT2D eigenvalue weighted by molar-refractivity contribution is -0.125. The van der Waals surface area contributed by atoms with Crippen LogP contribution in [0.25, 0.3) is 0 Å². The minimum atomic E-state index is -4.09. The maximum absolute atomic E-state index is 14.4. The number of amides is 1. The number of likely N-dealkylation sites (N-methyl/N-ethyl adjacent to an activating group) is 1. The number of nitrogens with one attached hydrogen (secondary N) is 1. The summed E-state index contributed by atoms with van der Waals surface area (Å²) < 4.78 is 52.4. The van der Waals surface area contributed by atoms with Gasteiger partial charge < -0.3 is 23.4 Å². The van der Waals surface area contributed by atoms with Crippen LogP contribution >= 0.6 is 31.1 Å². The SMILES string of the molecule is CCOP(=O)(OCC)C1(P(=O)(OCC)OCC)CN(C)C2(C1)C(=O)Nc1ccc(Br)cc12. The van der Waals surface area contributed by atoms with Crippen molar-refractivity contribution in [1.82, 2.24) is 4.90 Å². The van der Waals surface area contributed by atoms with E-state index >= 15 is 0 Å². The number of rotatable bonds is 10. The Balaban J connectivity index is 2.30. The van der Waals surface area contributed by atoms with Crippen LogP contribution in [-0.4, -0.2) is 55.7 Å². The van der Waals surface area contributed by atoms with E-state index in [1.165, 1.54) is 0 Å². The van der Waals surface area contributed by atoms with Crippen LogP contribution in [0.1, 0.15) is 39.7 Å². The molecule has 0 aliphatic carbocycles. The van der Waals surface area contributed by atoms with Crippen molar-refractivity contribution in [2.45, 2.75) is 44.6 Å². The van der Waals surface area contributed by atoms with Gasteiger partial charge >= 0.3 is 15.2 Å². The molecule has 1 spiro atoms. The molecule has 9 nitrogen and oxygen atoms in total. The third-order valence-electron chi connectivity index (χ3n) is 5.95. The third-order valence-corrected chi connectivity index (χ3v) is 12.9. The molecule has 0 saturated carbocycles. The molecule has 2 aliphatic rings. The van der Waals surface area contributed by atoms with Crippen molar-refractivity contribution in [2.75, 3.05) is 45.3 Å². The maximum Gasteiger partial charge on any atom is 0.350 e. The second-order valence-corrected chi connectivity index (χ2v) is 13.7. The molecule has 32 heavy (non-hydrogen) atoms. The van der Waals surface area contributed by atoms with E-state index in [9.17, 15) is 13.9 Å². The Morgan fingerprint density at radius 2 is 1.50 bits per heavy atom. The number of benzene rings is 1. The molecule has 1 unspecified atom stereocenters. The Labute approximate surface area is 197 Å². The first-order chi connectivity index (χ1) is 15.1. The number of likely N-dealkylation sites (tertiary alicyclic amines) is 1. The van der Waals surface area contributed by atoms with Gasteiger partial charge in [-0.1, -0.05) is 15.9 Å². The molecule has 0 radical (unpaired) electrons. The third kappa shape index (κ3) is 3.77. The van der Waals surface area contributed by atoms with Gasteiger partial charge in [-0.3, -0.25) is 18.8 Å². The van der Waals surface area contributed by atoms with Gasteiger partial charge in [-0.15, -0.1) is 0 Å². The Morgan fingerprint density at radius 3 is 1.97 bits per heavy atom. The zero-order valence-corrected chi connectivity index (χ0v) is 22.4. The summed E-state index contributed by atoms with van der Waals surface area (Å²) in [6.07, 6.45) is -0.111. The smallest absolute Gasteiger partial charge is 0.324 e. The number of hydrogen-bond acceptors (Lipinski definition) is 8. The summed E-state index contributed by atoms with van der Waals surface area (Å²) >= 11 is 3.48. The quantitative estimate of drug-likeness (QED) is 0.397. The summed E-state index contributed by atoms with van der Waals surface area (Å²) in [5, 5.41) is 2.91. The van der Waals surface area contributed by atoms with E-state index in [1.807, 2.05) is 12.1 Å². The van der Waals surface area contributed by atoms with Crippen LogP contribution in [0.4, 0.5) is 5.69 Å². The summed E-state index contributed by atoms with van der Waals surface area (Å²) in [5.74, 6) is -0.297. The molecule has 2 aliphatic heterocycles. The number of fused-ring (bicyclic) bond motifs is 2. The molecule has 1 N–H and O–H groups in total. The number of anilines is 1. The lowest BCUT2D eigenvalue weighted by Crippen LogP contribution is -2.44. The van der Waals surface area contributed by atoms with Crippen molar-refractivity contribution in [3.63, 3.8) is 0 Å². The fraction of sp³-hybridized carbons (Fsp3) is 0.650. The second-order valence-electron chi connectivity index (χ2n) is 7.69. The fourth-order valence-corrected chi connectivity index (χ4v) is 11.1. The first kappa shape index (κ1) is 26.0. The van der Waals surface area contributed by atoms with Crippen LogP contribution in [0.2, 0.25) is 0 Å². The molecule has 1 amide bonds. The van der Waals surface area contributed by atoms with Crippen LogP contribution in [-0.2, 0) is 37.6 Å². The minimum Gasteiger partial charge on any atom is -0.324 e. The standard InChI is InChI=1S/C20H31BrN2O7P2/c1-6-27-31(25,28-7-2)19(32(26,29-8-3)30-9-4)13-20(23(5)14-19)16-12-15(21)10-11-17(16)22-18(20)24/h10-12H,6-9,13-14H2,1-5H3,(H,22,24). The number of carbonyl (C=O) groups excluding carboxylic acids is 1. The second kappa shape index (κ2) is 9.59. The largest absolute Gasteiger partial charge is 0.350 e. The van der Waals surface area contributed by atoms with Crippen LogP contribution in [0.5, 0.6) is 0 Å². The summed E-state index contributed by atoms with van der Waals surface area (Å²) in [4.78, 5) is 13.5. The molecule has 1 fully saturated rings. The van der Waals surface area contributed by atoms with Crippen LogP contribution in [0.3, 0.4) is 0 Å². The van der Waals surface area contributed by atoms with Crippen molar-refractivity contribution in [2.24, 2.45) is 0 Å². The first-order valence-electron chi connectivity index (χ1n) is 10.7. The zero-order chi connectivity index (χ0) is 23.8. The molecule has 1 atom stereocenters. The van der Waals surface area contributed by atoms with Crippen LogP contribution in [0.15, 0.2) is 22.7 Å². The molecule has 0 bridgehead atoms. The fourth-order valence-electron chi connectivity index (χ4n) is 4.74. The molecule has 2 heterocycles. The number of nitrogens with zero attached hydrogens (tertiary/aromatic N) is 1. The van der Waals surface area contributed by atoms with Gasteiger partial charge in [0.25, 0.3) is 0 Å². The van der Waals surface area contributed by atoms with E-state index in [0.717, 1.165) is 4.47 Å². The number of hydrogen-bond donors (Lipinski definition) is 1. The van der Waals surface area contributed by atoms with Crippen molar-refractivity contribution in [1.29, 1.82) is 0 Å². The Morgan fingerprint density at radius 1 is 1.00 bits per heavy atom. The minimum absolute atomic E-state index is 0.0407. The molecular weight excluding hydrogens is 522 g/mol. The van der Waals surface area contributed by atoms with Crippen molar-refractivity contribution in [3.8, 4) is 0 Å². The first-order valence-corrected chi connectivity index (χ1v) is 14.6. The predicted octanol–water partition coefficient (Wildman–Crippen LogP) is 5.16. The molecule has 3 rings (SSSR count). The summed E-state index contributed by atoms with van der Waals surface area (Å²) in [6, 6.07) is 5.48. The zero-order valence-electron chi connectivity index (χ0n) is 19.1. The van der Waals surface area contributed by atoms with E-state index in [4.69, 9.17) is 18.1 Å². The van der Waals surface area contributed by atoms with Crippen LogP contribution < -0.4 is 5.32 Å². The van der Waals surface area contributed by atoms with E-state index < -0.39 is 25.6 Å². The van der Waals surface area contributed by atoms with E-state index in [2.05, 4.69) is 21.2 Å². The normalized spacial score (nSPS) is 23.0. The average Bonchev–Trinajstić information content (AvgIpc) is 3.20. The molecule has 1 saturated heterocycles. The van der Waals surface area contributed by atoms with Crippen molar-refractivity contribution >= 4 is 42.7 Å². The Bertz CT molecular complexity index is 925. The Hall–Kier alpha value is -0.570. The number of carbonyl (C=O) groups is 1. The molecular formula is C20H31BrN2O7P2. The molecule has 1 aromatic carbocycles. The van der Waals surface area contributed by atoms with Gasteiger partial charge in [0.1, 0.15) is 5.54 Å². The maximum atomic E-state index is 14.4. The Kier molecular flexibility index (Phi) is 7.80. The van der Waals surface area contributed by atoms with E-state index in [0.29, 0.717) is 11.3 Å². The predicted molar refractivity (Wildman–Crippen MR) is 126 cm³/mol. The average molecular weight is 553 g/mol. The number of halogens is 1. The van der Waals surface area contributed by atoms with Crippen molar-refractivity contribution in [3.05, 3.63) is 28.2 Å². The summed E-state index contributed by atoms with van der Waals surface area (Å²) in [7, 11) is -6.45. The lowest BCUT2D eigenvalue weighted by Gasteiger charge is -2.39. The van der Waals surface area contributed by atoms with Gasteiger partial charge in [-0.2, -0.15) is 0 Å². The van der Waals surface area contributed by atoms with Crippen molar-refractivity contribution < 1.29 is 32.0 Å². The topological polar surface area (TPSA) is 103 Å². The van der Waals surface area contributed by atoms with Gasteiger partial charge in [0, 0.05) is 28.7 Å². The monoisotopic (exact) mass is 552 g/mol. The summed E-state index contributed by atoms with van der Waals surface area (Å²) in [6.45, 7) is 7.00. The van der Waals surface area contributed by atoms with Gasteiger partial charge in [-0.05, 0) is 52.9 Å². The highest BCUT2D eigenvalue weighted by Gasteiger charge is 2.75. The summed E-state index contributed by atoms with van der Waals surface area (Å²) in [5.41, 5.74) is 0.0961. The van der Waals surface area contributed by atoms with Gasteiger partial charge in [0.15, 0.2) is 4.90 Å². The molecule has 12 heteroatoms. The lowest BCUT2D eigenvalue weighted by atomic mass is 9.88. The van der Waals surface area contributed by atoms with E-state index in [-0.39, 0.29) is 45.3 Å². The molecule has 180 valence electrons. The highest BCUT2D eigenvalue weighted by molar-refractivity contribution is 9.10. The molecule has 1 aromatic rings. The van der Waals surface area contributed by atoms with Crippen LogP contribution in [0, 0.1) is 0 Å². The van der Waals surface area contributed by atoms with E-state index in [1.54, 1.807) is 45.7 Å². The van der Waals surface area contributed by atoms with Gasteiger partial charge in [-0.25, -0.2) is 0 Å².